The maximum Gasteiger partial charge on any atom is 0.220 e. The van der Waals surface area contributed by atoms with E-state index >= 15 is 0 Å². The van der Waals surface area contributed by atoms with Crippen molar-refractivity contribution in [2.45, 2.75) is 254 Å². The number of amides is 1. The van der Waals surface area contributed by atoms with Crippen molar-refractivity contribution in [2.75, 3.05) is 19.8 Å². The fourth-order valence-corrected chi connectivity index (χ4v) is 7.97. The molecule has 2 aliphatic heterocycles. The topological polar surface area (TPSA) is 228 Å². The van der Waals surface area contributed by atoms with Crippen LogP contribution in [0.3, 0.4) is 0 Å². The van der Waals surface area contributed by atoms with Crippen molar-refractivity contribution in [1.29, 1.82) is 0 Å². The first kappa shape index (κ1) is 53.1. The van der Waals surface area contributed by atoms with Gasteiger partial charge >= 0.3 is 0 Å². The van der Waals surface area contributed by atoms with Gasteiger partial charge in [0, 0.05) is 6.42 Å². The molecule has 2 saturated heterocycles. The average molecular weight is 836 g/mol. The zero-order valence-corrected chi connectivity index (χ0v) is 36.1. The first-order valence-corrected chi connectivity index (χ1v) is 23.3. The van der Waals surface area contributed by atoms with Gasteiger partial charge in [-0.3, -0.25) is 4.79 Å². The third-order valence-corrected chi connectivity index (χ3v) is 11.9. The number of carbonyl (C=O) groups excluding carboxylic acids is 1. The number of carbonyl (C=O) groups is 1. The SMILES string of the molecule is CCCCCCCCCCCCCCCCCCCCCCCCCCC(O)C(COC1OC(CO)C(OC2OC(CO)C(O)C(O)C2O)C(O)C1O)NC(=O)CC. The molecular formula is C44H85NO13. The van der Waals surface area contributed by atoms with Crippen LogP contribution in [0.1, 0.15) is 181 Å². The van der Waals surface area contributed by atoms with Crippen LogP contribution in [0.15, 0.2) is 0 Å². The van der Waals surface area contributed by atoms with Crippen molar-refractivity contribution in [2.24, 2.45) is 0 Å². The summed E-state index contributed by atoms with van der Waals surface area (Å²) in [5, 5.41) is 85.5. The van der Waals surface area contributed by atoms with E-state index in [1.807, 2.05) is 0 Å². The predicted octanol–water partition coefficient (Wildman–Crippen LogP) is 4.66. The van der Waals surface area contributed by atoms with E-state index in [-0.39, 0.29) is 18.9 Å². The molecule has 1 amide bonds. The second kappa shape index (κ2) is 32.7. The second-order valence-corrected chi connectivity index (χ2v) is 16.9. The summed E-state index contributed by atoms with van der Waals surface area (Å²) in [7, 11) is 0. The van der Waals surface area contributed by atoms with Gasteiger partial charge in [-0.05, 0) is 6.42 Å². The molecule has 2 aliphatic rings. The smallest absolute Gasteiger partial charge is 0.220 e. The molecular weight excluding hydrogens is 750 g/mol. The predicted molar refractivity (Wildman–Crippen MR) is 222 cm³/mol. The van der Waals surface area contributed by atoms with Crippen molar-refractivity contribution in [3.8, 4) is 0 Å². The molecule has 9 N–H and O–H groups in total. The summed E-state index contributed by atoms with van der Waals surface area (Å²) in [6, 6.07) is -0.819. The van der Waals surface area contributed by atoms with Gasteiger partial charge in [-0.2, -0.15) is 0 Å². The molecule has 0 aromatic rings. The molecule has 0 aromatic heterocycles. The van der Waals surface area contributed by atoms with Gasteiger partial charge in [-0.15, -0.1) is 0 Å². The van der Waals surface area contributed by atoms with Gasteiger partial charge in [0.25, 0.3) is 0 Å². The van der Waals surface area contributed by atoms with Crippen LogP contribution in [0.4, 0.5) is 0 Å². The zero-order chi connectivity index (χ0) is 42.5. The quantitative estimate of drug-likeness (QED) is 0.0397. The molecule has 2 rings (SSSR count). The fraction of sp³-hybridized carbons (Fsp3) is 0.977. The molecule has 0 saturated carbocycles. The van der Waals surface area contributed by atoms with Gasteiger partial charge in [0.2, 0.25) is 5.91 Å². The molecule has 0 aliphatic carbocycles. The standard InChI is InChI=1S/C44H85NO13/c1-3-5-6-7-8-9-10-11-12-13-14-15-16-17-18-19-20-21-22-23-24-25-26-27-28-33(48)32(45-36(49)4-2)31-55-43-41(54)39(52)42(35(30-47)57-43)58-44-40(53)38(51)37(50)34(29-46)56-44/h32-35,37-44,46-48,50-54H,3-31H2,1-2H3,(H,45,49). The van der Waals surface area contributed by atoms with Gasteiger partial charge in [0.05, 0.1) is 32.0 Å². The second-order valence-electron chi connectivity index (χ2n) is 16.9. The van der Waals surface area contributed by atoms with Crippen LogP contribution in [-0.2, 0) is 23.7 Å². The van der Waals surface area contributed by atoms with Gasteiger partial charge < -0.3 is 65.1 Å². The van der Waals surface area contributed by atoms with Crippen LogP contribution in [0.25, 0.3) is 0 Å². The van der Waals surface area contributed by atoms with Gasteiger partial charge in [-0.25, -0.2) is 0 Å². The minimum atomic E-state index is -1.77. The molecule has 0 bridgehead atoms. The largest absolute Gasteiger partial charge is 0.394 e. The van der Waals surface area contributed by atoms with Crippen molar-refractivity contribution in [3.05, 3.63) is 0 Å². The van der Waals surface area contributed by atoms with Crippen LogP contribution in [0.5, 0.6) is 0 Å². The van der Waals surface area contributed by atoms with Crippen molar-refractivity contribution in [1.82, 2.24) is 5.32 Å². The number of hydrogen-bond donors (Lipinski definition) is 9. The number of rotatable bonds is 35. The summed E-state index contributed by atoms with van der Waals surface area (Å²) in [5.41, 5.74) is 0. The first-order chi connectivity index (χ1) is 28.1. The van der Waals surface area contributed by atoms with Gasteiger partial charge in [0.1, 0.15) is 48.8 Å². The molecule has 12 unspecified atom stereocenters. The number of aliphatic hydroxyl groups excluding tert-OH is 8. The Kier molecular flexibility index (Phi) is 29.9. The molecule has 0 aromatic carbocycles. The number of aliphatic hydroxyl groups is 8. The molecule has 344 valence electrons. The molecule has 0 radical (unpaired) electrons. The van der Waals surface area contributed by atoms with Crippen molar-refractivity contribution < 1.29 is 64.6 Å². The molecule has 2 fully saturated rings. The maximum absolute atomic E-state index is 12.3. The normalized spacial score (nSPS) is 28.7. The summed E-state index contributed by atoms with van der Waals surface area (Å²) in [5.74, 6) is -0.293. The van der Waals surface area contributed by atoms with E-state index in [9.17, 15) is 45.6 Å². The third kappa shape index (κ3) is 20.7. The fourth-order valence-electron chi connectivity index (χ4n) is 7.97. The third-order valence-electron chi connectivity index (χ3n) is 11.9. The lowest BCUT2D eigenvalue weighted by Gasteiger charge is -2.46. The van der Waals surface area contributed by atoms with Crippen LogP contribution < -0.4 is 5.32 Å². The summed E-state index contributed by atoms with van der Waals surface area (Å²) >= 11 is 0. The highest BCUT2D eigenvalue weighted by molar-refractivity contribution is 5.75. The molecule has 0 spiro atoms. The average Bonchev–Trinajstić information content (AvgIpc) is 3.22. The number of nitrogens with one attached hydrogen (secondary N) is 1. The highest BCUT2D eigenvalue weighted by atomic mass is 16.7. The van der Waals surface area contributed by atoms with Gasteiger partial charge in [0.15, 0.2) is 12.6 Å². The Labute approximate surface area is 349 Å². The maximum atomic E-state index is 12.3. The lowest BCUT2D eigenvalue weighted by molar-refractivity contribution is -0.359. The Hall–Kier alpha value is -1.01. The summed E-state index contributed by atoms with van der Waals surface area (Å²) in [4.78, 5) is 12.3. The summed E-state index contributed by atoms with van der Waals surface area (Å²) < 4.78 is 22.4. The minimum absolute atomic E-state index is 0.188. The number of unbranched alkanes of at least 4 members (excludes halogenated alkanes) is 23. The lowest BCUT2D eigenvalue weighted by atomic mass is 9.97. The van der Waals surface area contributed by atoms with Crippen molar-refractivity contribution in [3.63, 3.8) is 0 Å². The van der Waals surface area contributed by atoms with Crippen LogP contribution >= 0.6 is 0 Å². The Morgan fingerprint density at radius 3 is 1.40 bits per heavy atom. The van der Waals surface area contributed by atoms with Crippen LogP contribution in [0.2, 0.25) is 0 Å². The first-order valence-electron chi connectivity index (χ1n) is 23.3. The molecule has 58 heavy (non-hydrogen) atoms. The van der Waals surface area contributed by atoms with Gasteiger partial charge in [-0.1, -0.05) is 168 Å². The van der Waals surface area contributed by atoms with E-state index in [1.54, 1.807) is 6.92 Å². The van der Waals surface area contributed by atoms with E-state index in [0.29, 0.717) is 6.42 Å². The van der Waals surface area contributed by atoms with Crippen LogP contribution in [-0.4, -0.2) is 140 Å². The van der Waals surface area contributed by atoms with E-state index in [4.69, 9.17) is 18.9 Å². The summed E-state index contributed by atoms with van der Waals surface area (Å²) in [6.07, 6.45) is 15.3. The number of ether oxygens (including phenoxy) is 4. The Morgan fingerprint density at radius 1 is 0.552 bits per heavy atom. The highest BCUT2D eigenvalue weighted by Gasteiger charge is 2.51. The highest BCUT2D eigenvalue weighted by Crippen LogP contribution is 2.30. The Morgan fingerprint density at radius 2 is 0.966 bits per heavy atom. The molecule has 2 heterocycles. The summed E-state index contributed by atoms with van der Waals surface area (Å²) in [6.45, 7) is 2.31. The molecule has 14 nitrogen and oxygen atoms in total. The number of hydrogen-bond acceptors (Lipinski definition) is 13. The van der Waals surface area contributed by atoms with Crippen molar-refractivity contribution >= 4 is 5.91 Å². The Balaban J connectivity index is 1.57. The van der Waals surface area contributed by atoms with E-state index < -0.39 is 86.8 Å². The molecule has 14 heteroatoms. The van der Waals surface area contributed by atoms with E-state index in [0.717, 1.165) is 25.7 Å². The Bertz CT molecular complexity index is 993. The minimum Gasteiger partial charge on any atom is -0.394 e. The van der Waals surface area contributed by atoms with Crippen LogP contribution in [0, 0.1) is 0 Å². The molecule has 12 atom stereocenters. The monoisotopic (exact) mass is 836 g/mol. The zero-order valence-electron chi connectivity index (χ0n) is 36.1. The van der Waals surface area contributed by atoms with E-state index in [1.165, 1.54) is 128 Å². The lowest BCUT2D eigenvalue weighted by Crippen LogP contribution is -2.65. The van der Waals surface area contributed by atoms with E-state index in [2.05, 4.69) is 12.2 Å².